The van der Waals surface area contributed by atoms with Gasteiger partial charge in [0.1, 0.15) is 5.65 Å². The van der Waals surface area contributed by atoms with E-state index in [0.29, 0.717) is 0 Å². The Morgan fingerprint density at radius 1 is 0.786 bits per heavy atom. The van der Waals surface area contributed by atoms with Gasteiger partial charge >= 0.3 is 21.1 Å². The van der Waals surface area contributed by atoms with Crippen LogP contribution < -0.4 is 0 Å². The Balaban J connectivity index is 0.00000267. The first-order valence-corrected chi connectivity index (χ1v) is 14.6. The molecule has 7 aromatic rings. The first-order chi connectivity index (χ1) is 20.1. The standard InChI is InChI=1S/C37H28N4.Pt/c1-37(2,33-13-7-11-29(38-33)24-16-17-25-22-14-15-23(20-22)28(25)21-24)34-19-18-32-35(40-34)26-8-3-4-9-27(26)36-39-30-10-5-6-12-31(30)41(32)36;/h3-7,9-13,17-19,21-23H,14-15,20H2,1-2H3;/q-2;+2. The third kappa shape index (κ3) is 3.61. The Kier molecular flexibility index (Phi) is 5.72. The van der Waals surface area contributed by atoms with E-state index in [1.807, 2.05) is 18.2 Å². The predicted molar refractivity (Wildman–Crippen MR) is 164 cm³/mol. The summed E-state index contributed by atoms with van der Waals surface area (Å²) in [5.41, 5.74) is 11.7. The largest absolute Gasteiger partial charge is 2.00 e. The molecule has 3 aromatic carbocycles. The summed E-state index contributed by atoms with van der Waals surface area (Å²) in [7, 11) is 0. The van der Waals surface area contributed by atoms with Crippen molar-refractivity contribution in [1.29, 1.82) is 0 Å². The van der Waals surface area contributed by atoms with Crippen LogP contribution in [0.5, 0.6) is 0 Å². The van der Waals surface area contributed by atoms with Crippen LogP contribution in [0.3, 0.4) is 0 Å². The number of para-hydroxylation sites is 2. The second-order valence-corrected chi connectivity index (χ2v) is 12.3. The van der Waals surface area contributed by atoms with Crippen molar-refractivity contribution in [1.82, 2.24) is 19.4 Å². The number of pyridine rings is 3. The number of aromatic nitrogens is 4. The SMILES string of the molecule is CC(C)(c1cccc(-c2[c-]cc3c(c2)C2CCC3C2)n1)c1ccc2c(n1)c1[c-]cccc1c1nc3ccccc3n21.[Pt+2]. The molecule has 4 heterocycles. The Morgan fingerprint density at radius 2 is 1.62 bits per heavy atom. The number of fused-ring (bicyclic) bond motifs is 13. The van der Waals surface area contributed by atoms with E-state index in [1.54, 1.807) is 0 Å². The molecule has 0 spiro atoms. The van der Waals surface area contributed by atoms with Gasteiger partial charge in [0.05, 0.1) is 11.0 Å². The van der Waals surface area contributed by atoms with Crippen molar-refractivity contribution in [3.63, 3.8) is 0 Å². The van der Waals surface area contributed by atoms with E-state index in [1.165, 1.54) is 30.4 Å². The van der Waals surface area contributed by atoms with Gasteiger partial charge in [-0.25, -0.2) is 4.98 Å². The van der Waals surface area contributed by atoms with Crippen molar-refractivity contribution in [2.75, 3.05) is 0 Å². The number of hydrogen-bond donors (Lipinski definition) is 0. The molecule has 2 aliphatic rings. The number of rotatable bonds is 3. The van der Waals surface area contributed by atoms with Gasteiger partial charge in [0.25, 0.3) is 0 Å². The average Bonchev–Trinajstić information content (AvgIpc) is 3.75. The van der Waals surface area contributed by atoms with Crippen LogP contribution in [-0.4, -0.2) is 19.4 Å². The van der Waals surface area contributed by atoms with Crippen LogP contribution in [0.4, 0.5) is 0 Å². The van der Waals surface area contributed by atoms with Gasteiger partial charge in [-0.05, 0) is 74.6 Å². The normalized spacial score (nSPS) is 17.8. The van der Waals surface area contributed by atoms with Gasteiger partial charge in [0.2, 0.25) is 0 Å². The Hall–Kier alpha value is -3.88. The van der Waals surface area contributed by atoms with Crippen molar-refractivity contribution in [2.24, 2.45) is 0 Å². The second-order valence-electron chi connectivity index (χ2n) is 12.3. The maximum atomic E-state index is 5.34. The number of nitrogens with zero attached hydrogens (tertiary/aromatic N) is 4. The van der Waals surface area contributed by atoms with Crippen molar-refractivity contribution in [2.45, 2.75) is 50.4 Å². The summed E-state index contributed by atoms with van der Waals surface area (Å²) in [4.78, 5) is 15.5. The minimum absolute atomic E-state index is 0. The third-order valence-electron chi connectivity index (χ3n) is 9.64. The molecule has 4 nitrogen and oxygen atoms in total. The first kappa shape index (κ1) is 25.8. The molecule has 206 valence electrons. The van der Waals surface area contributed by atoms with E-state index >= 15 is 0 Å². The smallest absolute Gasteiger partial charge is 0.307 e. The molecule has 0 radical (unpaired) electrons. The molecule has 2 atom stereocenters. The van der Waals surface area contributed by atoms with Crippen molar-refractivity contribution >= 4 is 38.5 Å². The van der Waals surface area contributed by atoms with Gasteiger partial charge in [-0.3, -0.25) is 4.98 Å². The Morgan fingerprint density at radius 3 is 2.52 bits per heavy atom. The molecule has 2 aliphatic carbocycles. The zero-order valence-corrected chi connectivity index (χ0v) is 25.7. The molecule has 0 saturated heterocycles. The Bertz CT molecular complexity index is 2190. The zero-order valence-electron chi connectivity index (χ0n) is 23.5. The number of imidazole rings is 1. The van der Waals surface area contributed by atoms with E-state index in [9.17, 15) is 0 Å². The van der Waals surface area contributed by atoms with E-state index in [2.05, 4.69) is 97.1 Å². The predicted octanol–water partition coefficient (Wildman–Crippen LogP) is 8.54. The molecule has 5 heteroatoms. The summed E-state index contributed by atoms with van der Waals surface area (Å²) in [6.45, 7) is 4.44. The molecule has 42 heavy (non-hydrogen) atoms. The van der Waals surface area contributed by atoms with Gasteiger partial charge in [-0.1, -0.05) is 36.1 Å². The molecule has 9 rings (SSSR count). The minimum Gasteiger partial charge on any atom is -0.307 e. The third-order valence-corrected chi connectivity index (χ3v) is 9.64. The van der Waals surface area contributed by atoms with Crippen LogP contribution in [0.2, 0.25) is 0 Å². The molecule has 4 aromatic heterocycles. The average molecular weight is 724 g/mol. The fourth-order valence-corrected chi connectivity index (χ4v) is 7.42. The quantitative estimate of drug-likeness (QED) is 0.136. The Labute approximate surface area is 259 Å². The van der Waals surface area contributed by atoms with Crippen molar-refractivity contribution in [3.8, 4) is 11.3 Å². The molecule has 0 amide bonds. The van der Waals surface area contributed by atoms with Crippen LogP contribution in [0.25, 0.3) is 49.7 Å². The summed E-state index contributed by atoms with van der Waals surface area (Å²) in [5.74, 6) is 1.46. The topological polar surface area (TPSA) is 43.1 Å². The summed E-state index contributed by atoms with van der Waals surface area (Å²) in [5, 5.41) is 2.05. The van der Waals surface area contributed by atoms with E-state index < -0.39 is 5.41 Å². The first-order valence-electron chi connectivity index (χ1n) is 14.6. The van der Waals surface area contributed by atoms with Crippen LogP contribution in [0.1, 0.15) is 67.5 Å². The maximum absolute atomic E-state index is 5.34. The number of benzene rings is 3. The van der Waals surface area contributed by atoms with E-state index in [0.717, 1.165) is 73.0 Å². The van der Waals surface area contributed by atoms with Crippen LogP contribution in [0, 0.1) is 12.1 Å². The fourth-order valence-electron chi connectivity index (χ4n) is 7.42. The van der Waals surface area contributed by atoms with Crippen LogP contribution >= 0.6 is 0 Å². The van der Waals surface area contributed by atoms with Gasteiger partial charge in [-0.15, -0.1) is 64.5 Å². The summed E-state index contributed by atoms with van der Waals surface area (Å²) >= 11 is 0. The number of hydrogen-bond acceptors (Lipinski definition) is 3. The van der Waals surface area contributed by atoms with Crippen LogP contribution in [-0.2, 0) is 26.5 Å². The summed E-state index contributed by atoms with van der Waals surface area (Å²) < 4.78 is 2.24. The summed E-state index contributed by atoms with van der Waals surface area (Å²) in [6, 6.07) is 36.7. The van der Waals surface area contributed by atoms with Gasteiger partial charge in [-0.2, -0.15) is 0 Å². The molecule has 1 saturated carbocycles. The summed E-state index contributed by atoms with van der Waals surface area (Å²) in [6.07, 6.45) is 3.97. The maximum Gasteiger partial charge on any atom is 2.00 e. The molecule has 2 unspecified atom stereocenters. The van der Waals surface area contributed by atoms with Gasteiger partial charge < -0.3 is 9.38 Å². The second kappa shape index (κ2) is 9.31. The van der Waals surface area contributed by atoms with E-state index in [-0.39, 0.29) is 21.1 Å². The van der Waals surface area contributed by atoms with Gasteiger partial charge in [0, 0.05) is 27.8 Å². The van der Waals surface area contributed by atoms with Crippen molar-refractivity contribution in [3.05, 3.63) is 120 Å². The van der Waals surface area contributed by atoms with Crippen LogP contribution in [0.15, 0.2) is 84.9 Å². The van der Waals surface area contributed by atoms with E-state index in [4.69, 9.17) is 15.0 Å². The molecule has 0 N–H and O–H groups in total. The molecule has 0 aliphatic heterocycles. The fraction of sp³-hybridized carbons (Fsp3) is 0.216. The van der Waals surface area contributed by atoms with Crippen molar-refractivity contribution < 1.29 is 21.1 Å². The molecular weight excluding hydrogens is 696 g/mol. The van der Waals surface area contributed by atoms with Gasteiger partial charge in [0.15, 0.2) is 0 Å². The molecule has 2 bridgehead atoms. The minimum atomic E-state index is -0.410. The zero-order chi connectivity index (χ0) is 27.3. The monoisotopic (exact) mass is 723 g/mol. The molecule has 1 fully saturated rings. The molecular formula is C37H28N4Pt.